The molecule has 2 amide bonds. The average molecular weight is 373 g/mol. The Morgan fingerprint density at radius 2 is 1.62 bits per heavy atom. The number of rotatable bonds is 4. The lowest BCUT2D eigenvalue weighted by Crippen LogP contribution is -2.47. The van der Waals surface area contributed by atoms with Crippen LogP contribution >= 0.6 is 0 Å². The quantitative estimate of drug-likeness (QED) is 0.865. The molecule has 0 radical (unpaired) electrons. The molecule has 1 aliphatic heterocycles. The summed E-state index contributed by atoms with van der Waals surface area (Å²) in [4.78, 5) is 14.3. The first-order valence-electron chi connectivity index (χ1n) is 8.64. The van der Waals surface area contributed by atoms with Gasteiger partial charge in [-0.15, -0.1) is 0 Å². The Labute approximate surface area is 154 Å². The van der Waals surface area contributed by atoms with E-state index < -0.39 is 10.0 Å². The van der Waals surface area contributed by atoms with Crippen LogP contribution in [0.25, 0.3) is 0 Å². The van der Waals surface area contributed by atoms with E-state index in [9.17, 15) is 13.2 Å². The van der Waals surface area contributed by atoms with Gasteiger partial charge in [0.1, 0.15) is 0 Å². The summed E-state index contributed by atoms with van der Waals surface area (Å²) in [6, 6.07) is 15.6. The van der Waals surface area contributed by atoms with Gasteiger partial charge in [0, 0.05) is 24.8 Å². The zero-order chi connectivity index (χ0) is 18.6. The fourth-order valence-corrected chi connectivity index (χ4v) is 4.25. The minimum absolute atomic E-state index is 0.154. The molecule has 0 spiro atoms. The predicted octanol–water partition coefficient (Wildman–Crippen LogP) is 2.97. The maximum Gasteiger partial charge on any atom is 0.321 e. The molecular weight excluding hydrogens is 350 g/mol. The fourth-order valence-electron chi connectivity index (χ4n) is 2.93. The second kappa shape index (κ2) is 7.88. The first-order chi connectivity index (χ1) is 12.4. The van der Waals surface area contributed by atoms with Gasteiger partial charge in [0.25, 0.3) is 0 Å². The van der Waals surface area contributed by atoms with Gasteiger partial charge in [0.2, 0.25) is 10.0 Å². The summed E-state index contributed by atoms with van der Waals surface area (Å²) in [5.74, 6) is 0. The van der Waals surface area contributed by atoms with Crippen molar-refractivity contribution < 1.29 is 13.2 Å². The maximum absolute atomic E-state index is 12.4. The number of carbonyl (C=O) groups excluding carboxylic acids is 1. The van der Waals surface area contributed by atoms with Crippen LogP contribution in [-0.2, 0) is 10.0 Å². The zero-order valence-corrected chi connectivity index (χ0v) is 15.5. The highest BCUT2D eigenvalue weighted by Gasteiger charge is 2.26. The van der Waals surface area contributed by atoms with E-state index in [4.69, 9.17) is 0 Å². The highest BCUT2D eigenvalue weighted by atomic mass is 32.2. The first kappa shape index (κ1) is 18.4. The summed E-state index contributed by atoms with van der Waals surface area (Å²) in [6.45, 7) is 3.02. The predicted molar refractivity (Wildman–Crippen MR) is 102 cm³/mol. The highest BCUT2D eigenvalue weighted by Crippen LogP contribution is 2.16. The van der Waals surface area contributed by atoms with E-state index in [1.165, 1.54) is 0 Å². The maximum atomic E-state index is 12.4. The topological polar surface area (TPSA) is 78.5 Å². The van der Waals surface area contributed by atoms with Crippen molar-refractivity contribution in [3.8, 4) is 0 Å². The molecule has 1 aliphatic rings. The van der Waals surface area contributed by atoms with Crippen LogP contribution < -0.4 is 10.0 Å². The lowest BCUT2D eigenvalue weighted by atomic mass is 10.1. The monoisotopic (exact) mass is 373 g/mol. The normalized spacial score (nSPS) is 15.7. The van der Waals surface area contributed by atoms with Crippen molar-refractivity contribution in [3.63, 3.8) is 0 Å². The lowest BCUT2D eigenvalue weighted by Gasteiger charge is -2.32. The number of hydrogen-bond acceptors (Lipinski definition) is 3. The van der Waals surface area contributed by atoms with E-state index >= 15 is 0 Å². The number of benzene rings is 2. The molecule has 1 fully saturated rings. The fraction of sp³-hybridized carbons (Fsp3) is 0.316. The molecule has 0 unspecified atom stereocenters. The average Bonchev–Trinajstić information content (AvgIpc) is 2.64. The molecule has 1 heterocycles. The van der Waals surface area contributed by atoms with Crippen molar-refractivity contribution in [3.05, 3.63) is 60.2 Å². The number of likely N-dealkylation sites (tertiary alicyclic amines) is 1. The van der Waals surface area contributed by atoms with E-state index in [1.807, 2.05) is 31.2 Å². The van der Waals surface area contributed by atoms with E-state index in [1.54, 1.807) is 35.2 Å². The van der Waals surface area contributed by atoms with Gasteiger partial charge < -0.3 is 10.2 Å². The molecule has 6 nitrogen and oxygen atoms in total. The second-order valence-corrected chi connectivity index (χ2v) is 8.21. The van der Waals surface area contributed by atoms with Crippen molar-refractivity contribution in [1.29, 1.82) is 0 Å². The lowest BCUT2D eigenvalue weighted by molar-refractivity contribution is 0.193. The number of anilines is 1. The largest absolute Gasteiger partial charge is 0.324 e. The molecule has 0 aromatic heterocycles. The number of carbonyl (C=O) groups is 1. The molecule has 2 N–H and O–H groups in total. The Kier molecular flexibility index (Phi) is 5.58. The smallest absolute Gasteiger partial charge is 0.321 e. The van der Waals surface area contributed by atoms with Crippen LogP contribution in [-0.4, -0.2) is 38.5 Å². The Bertz CT molecular complexity index is 843. The minimum atomic E-state index is -3.52. The number of piperidine rings is 1. The molecule has 3 rings (SSSR count). The SMILES string of the molecule is Cc1ccc(NC(=O)N2CCC(NS(=O)(=O)c3ccccc3)CC2)cc1. The van der Waals surface area contributed by atoms with Gasteiger partial charge in [0.05, 0.1) is 4.90 Å². The molecule has 0 atom stereocenters. The molecule has 1 saturated heterocycles. The third-order valence-electron chi connectivity index (χ3n) is 4.46. The number of hydrogen-bond donors (Lipinski definition) is 2. The van der Waals surface area contributed by atoms with Gasteiger partial charge in [-0.25, -0.2) is 17.9 Å². The van der Waals surface area contributed by atoms with Crippen molar-refractivity contribution in [2.75, 3.05) is 18.4 Å². The standard InChI is InChI=1S/C19H23N3O3S/c1-15-7-9-16(10-8-15)20-19(23)22-13-11-17(12-14-22)21-26(24,25)18-5-3-2-4-6-18/h2-10,17,21H,11-14H2,1H3,(H,20,23). The summed E-state index contributed by atoms with van der Waals surface area (Å²) >= 11 is 0. The Balaban J connectivity index is 1.52. The van der Waals surface area contributed by atoms with Crippen LogP contribution in [0.2, 0.25) is 0 Å². The number of nitrogens with zero attached hydrogens (tertiary/aromatic N) is 1. The molecule has 2 aromatic rings. The van der Waals surface area contributed by atoms with Crippen molar-refractivity contribution in [2.45, 2.75) is 30.7 Å². The number of sulfonamides is 1. The molecular formula is C19H23N3O3S. The molecule has 0 saturated carbocycles. The van der Waals surface area contributed by atoms with Crippen LogP contribution in [0.3, 0.4) is 0 Å². The number of nitrogens with one attached hydrogen (secondary N) is 2. The Morgan fingerprint density at radius 3 is 2.23 bits per heavy atom. The molecule has 26 heavy (non-hydrogen) atoms. The molecule has 2 aromatic carbocycles. The van der Waals surface area contributed by atoms with Crippen molar-refractivity contribution in [1.82, 2.24) is 9.62 Å². The Morgan fingerprint density at radius 1 is 1.00 bits per heavy atom. The molecule has 0 bridgehead atoms. The van der Waals surface area contributed by atoms with E-state index in [0.29, 0.717) is 25.9 Å². The van der Waals surface area contributed by atoms with Gasteiger partial charge in [-0.1, -0.05) is 35.9 Å². The summed E-state index contributed by atoms with van der Waals surface area (Å²) < 4.78 is 27.5. The first-order valence-corrected chi connectivity index (χ1v) is 10.1. The third kappa shape index (κ3) is 4.62. The van der Waals surface area contributed by atoms with Crippen LogP contribution in [0.4, 0.5) is 10.5 Å². The summed E-state index contributed by atoms with van der Waals surface area (Å²) in [7, 11) is -3.52. The van der Waals surface area contributed by atoms with Gasteiger partial charge in [-0.2, -0.15) is 0 Å². The molecule has 0 aliphatic carbocycles. The second-order valence-electron chi connectivity index (χ2n) is 6.49. The summed E-state index contributed by atoms with van der Waals surface area (Å²) in [6.07, 6.45) is 1.18. The summed E-state index contributed by atoms with van der Waals surface area (Å²) in [5.41, 5.74) is 1.89. The number of aryl methyl sites for hydroxylation is 1. The van der Waals surface area contributed by atoms with Crippen LogP contribution in [0.15, 0.2) is 59.5 Å². The molecule has 7 heteroatoms. The van der Waals surface area contributed by atoms with Gasteiger partial charge in [0.15, 0.2) is 0 Å². The van der Waals surface area contributed by atoms with Crippen molar-refractivity contribution in [2.24, 2.45) is 0 Å². The summed E-state index contributed by atoms with van der Waals surface area (Å²) in [5, 5.41) is 2.88. The van der Waals surface area contributed by atoms with Crippen LogP contribution in [0, 0.1) is 6.92 Å². The van der Waals surface area contributed by atoms with Gasteiger partial charge >= 0.3 is 6.03 Å². The van der Waals surface area contributed by atoms with Gasteiger partial charge in [-0.3, -0.25) is 0 Å². The molecule has 138 valence electrons. The van der Waals surface area contributed by atoms with Crippen LogP contribution in [0.5, 0.6) is 0 Å². The Hall–Kier alpha value is -2.38. The number of amides is 2. The van der Waals surface area contributed by atoms with E-state index in [-0.39, 0.29) is 17.0 Å². The number of urea groups is 1. The van der Waals surface area contributed by atoms with Crippen molar-refractivity contribution >= 4 is 21.7 Å². The van der Waals surface area contributed by atoms with E-state index in [2.05, 4.69) is 10.0 Å². The third-order valence-corrected chi connectivity index (χ3v) is 6.00. The van der Waals surface area contributed by atoms with Crippen LogP contribution in [0.1, 0.15) is 18.4 Å². The minimum Gasteiger partial charge on any atom is -0.324 e. The van der Waals surface area contributed by atoms with Gasteiger partial charge in [-0.05, 0) is 44.0 Å². The highest BCUT2D eigenvalue weighted by molar-refractivity contribution is 7.89. The van der Waals surface area contributed by atoms with E-state index in [0.717, 1.165) is 11.3 Å². The zero-order valence-electron chi connectivity index (χ0n) is 14.7.